The van der Waals surface area contributed by atoms with E-state index >= 15 is 0 Å². The molecule has 3 aromatic rings. The zero-order valence-electron chi connectivity index (χ0n) is 16.6. The first kappa shape index (κ1) is 20.3. The minimum atomic E-state index is -0.393. The maximum Gasteiger partial charge on any atom is 0.266 e. The first-order valence-electron chi connectivity index (χ1n) is 9.55. The second-order valence-corrected chi connectivity index (χ2v) is 7.13. The molecule has 1 heterocycles. The molecule has 0 aliphatic heterocycles. The molecule has 0 spiro atoms. The van der Waals surface area contributed by atoms with Gasteiger partial charge in [0.2, 0.25) is 5.91 Å². The molecule has 1 amide bonds. The van der Waals surface area contributed by atoms with Crippen LogP contribution >= 0.6 is 0 Å². The normalized spacial score (nSPS) is 11.8. The van der Waals surface area contributed by atoms with Crippen LogP contribution in [-0.2, 0) is 11.2 Å². The molecule has 0 fully saturated rings. The van der Waals surface area contributed by atoms with Gasteiger partial charge in [-0.1, -0.05) is 36.4 Å². The predicted octanol–water partition coefficient (Wildman–Crippen LogP) is 2.77. The summed E-state index contributed by atoms with van der Waals surface area (Å²) in [7, 11) is 0. The van der Waals surface area contributed by atoms with Gasteiger partial charge in [0.05, 0.1) is 6.04 Å². The summed E-state index contributed by atoms with van der Waals surface area (Å²) in [5, 5.41) is 14.4. The van der Waals surface area contributed by atoms with E-state index in [1.807, 2.05) is 48.5 Å². The number of hydrogen-bond acceptors (Lipinski definition) is 4. The van der Waals surface area contributed by atoms with E-state index < -0.39 is 5.56 Å². The number of nitriles is 1. The van der Waals surface area contributed by atoms with Crippen LogP contribution in [0.15, 0.2) is 47.3 Å². The molecule has 3 rings (SSSR count). The van der Waals surface area contributed by atoms with Crippen LogP contribution in [0.2, 0.25) is 0 Å². The third-order valence-corrected chi connectivity index (χ3v) is 5.27. The van der Waals surface area contributed by atoms with Gasteiger partial charge in [-0.25, -0.2) is 0 Å². The smallest absolute Gasteiger partial charge is 0.266 e. The molecule has 0 saturated carbocycles. The Bertz CT molecular complexity index is 1160. The van der Waals surface area contributed by atoms with E-state index in [0.29, 0.717) is 24.2 Å². The standard InChI is InChI=1S/C23H24N4O2/c1-14-19(15(2)26-23(29)20(14)12-24)9-10-22(28)27-21(13-25)18-8-7-16-5-3-4-6-17(16)11-18/h3-8,11,21H,9-10,13,25H2,1-2H3,(H,26,29)(H,27,28). The molecule has 4 N–H and O–H groups in total. The average molecular weight is 388 g/mol. The van der Waals surface area contributed by atoms with E-state index in [1.54, 1.807) is 13.8 Å². The van der Waals surface area contributed by atoms with Gasteiger partial charge in [0, 0.05) is 18.7 Å². The van der Waals surface area contributed by atoms with Crippen LogP contribution in [0, 0.1) is 25.2 Å². The summed E-state index contributed by atoms with van der Waals surface area (Å²) in [4.78, 5) is 27.1. The first-order chi connectivity index (χ1) is 13.9. The Kier molecular flexibility index (Phi) is 6.10. The molecule has 148 valence electrons. The molecule has 6 nitrogen and oxygen atoms in total. The van der Waals surface area contributed by atoms with Crippen LogP contribution in [0.25, 0.3) is 10.8 Å². The van der Waals surface area contributed by atoms with Crippen LogP contribution in [0.1, 0.15) is 40.4 Å². The number of nitrogens with two attached hydrogens (primary N) is 1. The molecular weight excluding hydrogens is 364 g/mol. The third kappa shape index (κ3) is 4.36. The van der Waals surface area contributed by atoms with Gasteiger partial charge in [0.25, 0.3) is 5.56 Å². The Hall–Kier alpha value is -3.43. The zero-order chi connectivity index (χ0) is 21.0. The number of nitrogens with one attached hydrogen (secondary N) is 2. The van der Waals surface area contributed by atoms with E-state index in [9.17, 15) is 14.9 Å². The van der Waals surface area contributed by atoms with Crippen molar-refractivity contribution < 1.29 is 4.79 Å². The summed E-state index contributed by atoms with van der Waals surface area (Å²) in [6.45, 7) is 3.81. The number of aryl methyl sites for hydroxylation is 1. The Morgan fingerprint density at radius 2 is 1.93 bits per heavy atom. The minimum Gasteiger partial charge on any atom is -0.348 e. The summed E-state index contributed by atoms with van der Waals surface area (Å²) in [6, 6.07) is 15.7. The van der Waals surface area contributed by atoms with Crippen molar-refractivity contribution >= 4 is 16.7 Å². The van der Waals surface area contributed by atoms with Gasteiger partial charge in [-0.2, -0.15) is 5.26 Å². The van der Waals surface area contributed by atoms with E-state index in [1.165, 1.54) is 0 Å². The number of aromatic amines is 1. The van der Waals surface area contributed by atoms with E-state index in [-0.39, 0.29) is 23.9 Å². The summed E-state index contributed by atoms with van der Waals surface area (Å²) in [5.41, 5.74) is 8.72. The van der Waals surface area contributed by atoms with E-state index in [2.05, 4.69) is 10.3 Å². The minimum absolute atomic E-state index is 0.0991. The second-order valence-electron chi connectivity index (χ2n) is 7.13. The van der Waals surface area contributed by atoms with E-state index in [4.69, 9.17) is 5.73 Å². The average Bonchev–Trinajstić information content (AvgIpc) is 2.71. The zero-order valence-corrected chi connectivity index (χ0v) is 16.6. The first-order valence-corrected chi connectivity index (χ1v) is 9.55. The lowest BCUT2D eigenvalue weighted by Gasteiger charge is -2.18. The van der Waals surface area contributed by atoms with Crippen LogP contribution in [-0.4, -0.2) is 17.4 Å². The summed E-state index contributed by atoms with van der Waals surface area (Å²) in [5.74, 6) is -0.128. The molecular formula is C23H24N4O2. The summed E-state index contributed by atoms with van der Waals surface area (Å²) < 4.78 is 0. The van der Waals surface area contributed by atoms with Crippen molar-refractivity contribution in [2.24, 2.45) is 5.73 Å². The van der Waals surface area contributed by atoms with Gasteiger partial charge in [-0.15, -0.1) is 0 Å². The number of nitrogens with zero attached hydrogens (tertiary/aromatic N) is 1. The van der Waals surface area contributed by atoms with Crippen molar-refractivity contribution in [3.05, 3.63) is 80.8 Å². The molecule has 1 atom stereocenters. The van der Waals surface area contributed by atoms with Crippen molar-refractivity contribution in [3.8, 4) is 6.07 Å². The Morgan fingerprint density at radius 1 is 1.21 bits per heavy atom. The number of pyridine rings is 1. The van der Waals surface area contributed by atoms with Crippen molar-refractivity contribution in [3.63, 3.8) is 0 Å². The van der Waals surface area contributed by atoms with Gasteiger partial charge in [-0.05, 0) is 53.8 Å². The topological polar surface area (TPSA) is 112 Å². The highest BCUT2D eigenvalue weighted by molar-refractivity contribution is 5.83. The molecule has 2 aromatic carbocycles. The number of fused-ring (bicyclic) bond motifs is 1. The van der Waals surface area contributed by atoms with E-state index in [0.717, 1.165) is 21.9 Å². The summed E-state index contributed by atoms with van der Waals surface area (Å²) >= 11 is 0. The van der Waals surface area contributed by atoms with Crippen LogP contribution in [0.3, 0.4) is 0 Å². The lowest BCUT2D eigenvalue weighted by atomic mass is 9.98. The highest BCUT2D eigenvalue weighted by Gasteiger charge is 2.16. The monoisotopic (exact) mass is 388 g/mol. The lowest BCUT2D eigenvalue weighted by molar-refractivity contribution is -0.121. The highest BCUT2D eigenvalue weighted by atomic mass is 16.1. The van der Waals surface area contributed by atoms with Crippen molar-refractivity contribution in [1.29, 1.82) is 5.26 Å². The number of carbonyl (C=O) groups excluding carboxylic acids is 1. The molecule has 29 heavy (non-hydrogen) atoms. The Morgan fingerprint density at radius 3 is 2.62 bits per heavy atom. The fourth-order valence-corrected chi connectivity index (χ4v) is 3.63. The number of benzene rings is 2. The largest absolute Gasteiger partial charge is 0.348 e. The molecule has 6 heteroatoms. The number of hydrogen-bond donors (Lipinski definition) is 3. The molecule has 1 aromatic heterocycles. The van der Waals surface area contributed by atoms with Gasteiger partial charge in [-0.3, -0.25) is 9.59 Å². The number of H-pyrrole nitrogens is 1. The Balaban J connectivity index is 1.72. The van der Waals surface area contributed by atoms with Gasteiger partial charge >= 0.3 is 0 Å². The quantitative estimate of drug-likeness (QED) is 0.603. The van der Waals surface area contributed by atoms with Crippen molar-refractivity contribution in [1.82, 2.24) is 10.3 Å². The molecule has 0 bridgehead atoms. The lowest BCUT2D eigenvalue weighted by Crippen LogP contribution is -2.33. The fourth-order valence-electron chi connectivity index (χ4n) is 3.63. The molecule has 1 unspecified atom stereocenters. The van der Waals surface area contributed by atoms with Crippen LogP contribution in [0.5, 0.6) is 0 Å². The molecule has 0 saturated heterocycles. The van der Waals surface area contributed by atoms with Crippen LogP contribution in [0.4, 0.5) is 0 Å². The highest BCUT2D eigenvalue weighted by Crippen LogP contribution is 2.20. The number of amides is 1. The third-order valence-electron chi connectivity index (χ3n) is 5.27. The molecule has 0 aliphatic rings. The fraction of sp³-hybridized carbons (Fsp3) is 0.261. The van der Waals surface area contributed by atoms with Crippen LogP contribution < -0.4 is 16.6 Å². The maximum absolute atomic E-state index is 12.6. The van der Waals surface area contributed by atoms with Gasteiger partial charge < -0.3 is 16.0 Å². The molecule has 0 radical (unpaired) electrons. The summed E-state index contributed by atoms with van der Waals surface area (Å²) in [6.07, 6.45) is 0.673. The maximum atomic E-state index is 12.6. The second kappa shape index (κ2) is 8.72. The van der Waals surface area contributed by atoms with Gasteiger partial charge in [0.15, 0.2) is 0 Å². The van der Waals surface area contributed by atoms with Gasteiger partial charge in [0.1, 0.15) is 11.6 Å². The van der Waals surface area contributed by atoms with Crippen molar-refractivity contribution in [2.75, 3.05) is 6.54 Å². The Labute approximate surface area is 169 Å². The predicted molar refractivity (Wildman–Crippen MR) is 113 cm³/mol. The number of carbonyl (C=O) groups is 1. The number of rotatable bonds is 6. The molecule has 0 aliphatic carbocycles. The SMILES string of the molecule is Cc1[nH]c(=O)c(C#N)c(C)c1CCC(=O)NC(CN)c1ccc2ccccc2c1. The number of aromatic nitrogens is 1. The van der Waals surface area contributed by atoms with Crippen molar-refractivity contribution in [2.45, 2.75) is 32.7 Å².